The number of rotatable bonds is 12. The van der Waals surface area contributed by atoms with Gasteiger partial charge in [-0.25, -0.2) is 8.42 Å². The number of hydrogen-bond donors (Lipinski definition) is 0. The lowest BCUT2D eigenvalue weighted by Gasteiger charge is -2.25. The number of hydrogen-bond acceptors (Lipinski definition) is 6. The molecule has 0 aromatic heterocycles. The van der Waals surface area contributed by atoms with Crippen LogP contribution >= 0.6 is 0 Å². The number of likely N-dealkylation sites (N-methyl/N-ethyl adjacent to an activating group) is 1. The second kappa shape index (κ2) is 13.6. The highest BCUT2D eigenvalue weighted by atomic mass is 32.2. The topological polar surface area (TPSA) is 71.4 Å². The maximum atomic E-state index is 14.0. The van der Waals surface area contributed by atoms with Gasteiger partial charge in [0, 0.05) is 26.7 Å². The van der Waals surface area contributed by atoms with Crippen LogP contribution in [0.3, 0.4) is 0 Å². The Kier molecular flexibility index (Phi) is 11.1. The zero-order valence-corrected chi connectivity index (χ0v) is 23.7. The molecule has 198 valence electrons. The number of sulfonamides is 1. The minimum atomic E-state index is -3.91. The van der Waals surface area contributed by atoms with E-state index in [2.05, 4.69) is 30.7 Å². The van der Waals surface area contributed by atoms with Crippen LogP contribution in [0.2, 0.25) is 0 Å². The molecule has 0 saturated carbocycles. The van der Waals surface area contributed by atoms with Crippen LogP contribution in [0.1, 0.15) is 31.9 Å². The SMILES string of the molecule is C/N=C(\C=C(\CN(C)C)C(C)C(C)C)S(=O)(=O)N(Cc1ccc(OC)cc1)Cc1ccc(OC)cc1. The summed E-state index contributed by atoms with van der Waals surface area (Å²) in [7, 11) is 4.81. The van der Waals surface area contributed by atoms with Crippen LogP contribution in [0.4, 0.5) is 0 Å². The average molecular weight is 516 g/mol. The molecular formula is C28H41N3O4S. The van der Waals surface area contributed by atoms with Gasteiger partial charge in [-0.3, -0.25) is 4.99 Å². The highest BCUT2D eigenvalue weighted by Gasteiger charge is 2.29. The second-order valence-corrected chi connectivity index (χ2v) is 11.4. The molecule has 0 aliphatic rings. The first-order chi connectivity index (χ1) is 17.0. The van der Waals surface area contributed by atoms with Gasteiger partial charge in [0.1, 0.15) is 11.5 Å². The molecule has 0 radical (unpaired) electrons. The van der Waals surface area contributed by atoms with Gasteiger partial charge in [0.25, 0.3) is 10.0 Å². The molecule has 0 amide bonds. The summed E-state index contributed by atoms with van der Waals surface area (Å²) in [6.07, 6.45) is 1.76. The van der Waals surface area contributed by atoms with E-state index >= 15 is 0 Å². The van der Waals surface area contributed by atoms with Crippen molar-refractivity contribution in [2.75, 3.05) is 41.9 Å². The molecule has 7 nitrogen and oxygen atoms in total. The van der Waals surface area contributed by atoms with Gasteiger partial charge in [-0.05, 0) is 67.4 Å². The molecular weight excluding hydrogens is 474 g/mol. The average Bonchev–Trinajstić information content (AvgIpc) is 2.86. The van der Waals surface area contributed by atoms with Crippen LogP contribution in [0.25, 0.3) is 0 Å². The van der Waals surface area contributed by atoms with E-state index in [1.807, 2.05) is 62.6 Å². The normalized spacial score (nSPS) is 14.0. The molecule has 0 fully saturated rings. The Morgan fingerprint density at radius 2 is 1.33 bits per heavy atom. The van der Waals surface area contributed by atoms with E-state index in [4.69, 9.17) is 9.47 Å². The third kappa shape index (κ3) is 8.18. The van der Waals surface area contributed by atoms with Gasteiger partial charge in [-0.1, -0.05) is 50.6 Å². The summed E-state index contributed by atoms with van der Waals surface area (Å²) in [4.78, 5) is 6.31. The van der Waals surface area contributed by atoms with Crippen molar-refractivity contribution >= 4 is 15.1 Å². The van der Waals surface area contributed by atoms with E-state index in [9.17, 15) is 8.42 Å². The highest BCUT2D eigenvalue weighted by Crippen LogP contribution is 2.24. The van der Waals surface area contributed by atoms with Gasteiger partial charge >= 0.3 is 0 Å². The Hall–Kier alpha value is -2.68. The lowest BCUT2D eigenvalue weighted by atomic mass is 9.89. The Morgan fingerprint density at radius 1 is 0.889 bits per heavy atom. The van der Waals surface area contributed by atoms with E-state index < -0.39 is 10.0 Å². The first kappa shape index (κ1) is 29.5. The molecule has 2 aromatic rings. The summed E-state index contributed by atoms with van der Waals surface area (Å²) in [5.74, 6) is 2.01. The fraction of sp³-hybridized carbons (Fsp3) is 0.464. The molecule has 0 aliphatic heterocycles. The number of ether oxygens (including phenoxy) is 2. The zero-order chi connectivity index (χ0) is 26.9. The summed E-state index contributed by atoms with van der Waals surface area (Å²) in [6, 6.07) is 14.9. The van der Waals surface area contributed by atoms with Crippen LogP contribution < -0.4 is 9.47 Å². The fourth-order valence-electron chi connectivity index (χ4n) is 3.75. The third-order valence-corrected chi connectivity index (χ3v) is 8.02. The molecule has 2 rings (SSSR count). The van der Waals surface area contributed by atoms with E-state index in [0.717, 1.165) is 28.2 Å². The minimum Gasteiger partial charge on any atom is -0.497 e. The molecule has 0 spiro atoms. The first-order valence-electron chi connectivity index (χ1n) is 12.1. The molecule has 0 N–H and O–H groups in total. The molecule has 36 heavy (non-hydrogen) atoms. The van der Waals surface area contributed by atoms with Crippen molar-refractivity contribution in [3.05, 3.63) is 71.3 Å². The number of methoxy groups -OCH3 is 2. The molecule has 0 aliphatic carbocycles. The van der Waals surface area contributed by atoms with Gasteiger partial charge in [0.05, 0.1) is 14.2 Å². The van der Waals surface area contributed by atoms with E-state index in [-0.39, 0.29) is 24.1 Å². The molecule has 2 aromatic carbocycles. The Bertz CT molecular complexity index is 1070. The van der Waals surface area contributed by atoms with Crippen molar-refractivity contribution in [1.82, 2.24) is 9.21 Å². The summed E-state index contributed by atoms with van der Waals surface area (Å²) < 4.78 is 40.0. The highest BCUT2D eigenvalue weighted by molar-refractivity contribution is 8.04. The fourth-order valence-corrected chi connectivity index (χ4v) is 5.19. The van der Waals surface area contributed by atoms with Crippen molar-refractivity contribution in [2.24, 2.45) is 16.8 Å². The molecule has 1 unspecified atom stereocenters. The van der Waals surface area contributed by atoms with Crippen LogP contribution in [-0.2, 0) is 23.1 Å². The largest absolute Gasteiger partial charge is 0.497 e. The maximum Gasteiger partial charge on any atom is 0.260 e. The summed E-state index contributed by atoms with van der Waals surface area (Å²) in [5.41, 5.74) is 2.75. The van der Waals surface area contributed by atoms with Crippen LogP contribution in [0.5, 0.6) is 11.5 Å². The number of benzene rings is 2. The predicted octanol–water partition coefficient (Wildman–Crippen LogP) is 4.84. The Labute approximate surface area is 217 Å². The monoisotopic (exact) mass is 515 g/mol. The maximum absolute atomic E-state index is 14.0. The van der Waals surface area contributed by atoms with Gasteiger partial charge in [-0.15, -0.1) is 0 Å². The third-order valence-electron chi connectivity index (χ3n) is 6.25. The van der Waals surface area contributed by atoms with Crippen molar-refractivity contribution in [2.45, 2.75) is 33.9 Å². The predicted molar refractivity (Wildman–Crippen MR) is 148 cm³/mol. The lowest BCUT2D eigenvalue weighted by Crippen LogP contribution is -2.35. The summed E-state index contributed by atoms with van der Waals surface area (Å²) >= 11 is 0. The summed E-state index contributed by atoms with van der Waals surface area (Å²) in [6.45, 7) is 7.48. The second-order valence-electron chi connectivity index (χ2n) is 9.52. The van der Waals surface area contributed by atoms with Gasteiger partial charge in [0.2, 0.25) is 0 Å². The Balaban J connectivity index is 2.51. The van der Waals surface area contributed by atoms with Gasteiger partial charge < -0.3 is 14.4 Å². The lowest BCUT2D eigenvalue weighted by molar-refractivity contribution is 0.391. The molecule has 1 atom stereocenters. The summed E-state index contributed by atoms with van der Waals surface area (Å²) in [5, 5.41) is 0.0638. The van der Waals surface area contributed by atoms with Crippen molar-refractivity contribution in [3.8, 4) is 11.5 Å². The quantitative estimate of drug-likeness (QED) is 0.299. The standard InChI is InChI=1S/C28H41N3O4S/c1-21(2)22(3)25(20-30(5)6)17-28(29-4)36(32,33)31(18-23-9-13-26(34-7)14-10-23)19-24-11-15-27(35-8)16-12-24/h9-17,21-22H,18-20H2,1-8H3/b25-17-,29-28+. The van der Waals surface area contributed by atoms with Gasteiger partial charge in [-0.2, -0.15) is 4.31 Å². The van der Waals surface area contributed by atoms with Crippen molar-refractivity contribution in [1.29, 1.82) is 0 Å². The van der Waals surface area contributed by atoms with Crippen molar-refractivity contribution in [3.63, 3.8) is 0 Å². The molecule has 0 heterocycles. The number of nitrogens with zero attached hydrogens (tertiary/aromatic N) is 3. The molecule has 0 saturated heterocycles. The van der Waals surface area contributed by atoms with E-state index in [0.29, 0.717) is 12.5 Å². The molecule has 8 heteroatoms. The first-order valence-corrected chi connectivity index (χ1v) is 13.5. The van der Waals surface area contributed by atoms with Crippen LogP contribution in [-0.4, -0.2) is 64.6 Å². The van der Waals surface area contributed by atoms with Crippen molar-refractivity contribution < 1.29 is 17.9 Å². The smallest absolute Gasteiger partial charge is 0.260 e. The van der Waals surface area contributed by atoms with Gasteiger partial charge in [0.15, 0.2) is 5.04 Å². The van der Waals surface area contributed by atoms with E-state index in [1.54, 1.807) is 20.3 Å². The minimum absolute atomic E-state index is 0.0638. The Morgan fingerprint density at radius 3 is 1.67 bits per heavy atom. The van der Waals surface area contributed by atoms with Crippen LogP contribution in [0.15, 0.2) is 65.2 Å². The number of aliphatic imine (C=N–C) groups is 1. The molecule has 0 bridgehead atoms. The van der Waals surface area contributed by atoms with Crippen LogP contribution in [0, 0.1) is 11.8 Å². The zero-order valence-electron chi connectivity index (χ0n) is 22.9. The van der Waals surface area contributed by atoms with E-state index in [1.165, 1.54) is 11.4 Å².